The number of allylic oxidation sites excluding steroid dienone is 3. The van der Waals surface area contributed by atoms with Crippen LogP contribution in [-0.4, -0.2) is 16.9 Å². The first kappa shape index (κ1) is 32.8. The summed E-state index contributed by atoms with van der Waals surface area (Å²) in [5.74, 6) is -0.288. The number of alkyl halides is 3. The third kappa shape index (κ3) is 9.09. The number of aliphatic imine (C=N–C) groups is 1. The third-order valence-electron chi connectivity index (χ3n) is 6.46. The maximum Gasteiger partial charge on any atom is 0.415 e. The molecule has 0 bridgehead atoms. The Morgan fingerprint density at radius 2 is 1.80 bits per heavy atom. The van der Waals surface area contributed by atoms with E-state index in [-0.39, 0.29) is 10.9 Å². The number of rotatable bonds is 9. The Balaban J connectivity index is 0.000000323. The Morgan fingerprint density at radius 1 is 1.15 bits per heavy atom. The van der Waals surface area contributed by atoms with Gasteiger partial charge in [0, 0.05) is 33.9 Å². The van der Waals surface area contributed by atoms with E-state index >= 15 is 0 Å². The molecular formula is C32H36ClF4N3. The molecule has 0 fully saturated rings. The van der Waals surface area contributed by atoms with E-state index in [1.54, 1.807) is 13.0 Å². The Morgan fingerprint density at radius 3 is 2.35 bits per heavy atom. The Bertz CT molecular complexity index is 1410. The van der Waals surface area contributed by atoms with Gasteiger partial charge in [-0.2, -0.15) is 18.4 Å². The quantitative estimate of drug-likeness (QED) is 0.154. The maximum absolute atomic E-state index is 13.9. The summed E-state index contributed by atoms with van der Waals surface area (Å²) in [5, 5.41) is 10.1. The minimum Gasteiger partial charge on any atom is -0.358 e. The highest BCUT2D eigenvalue weighted by atomic mass is 35.5. The van der Waals surface area contributed by atoms with Crippen LogP contribution in [0.3, 0.4) is 0 Å². The summed E-state index contributed by atoms with van der Waals surface area (Å²) in [7, 11) is 0. The van der Waals surface area contributed by atoms with Crippen molar-refractivity contribution in [1.29, 1.82) is 5.26 Å². The predicted molar refractivity (Wildman–Crippen MR) is 158 cm³/mol. The molecule has 1 N–H and O–H groups in total. The van der Waals surface area contributed by atoms with Crippen molar-refractivity contribution < 1.29 is 17.6 Å². The number of aryl methyl sites for hydroxylation is 1. The summed E-state index contributed by atoms with van der Waals surface area (Å²) in [6, 6.07) is 13.0. The normalized spacial score (nSPS) is 13.0. The van der Waals surface area contributed by atoms with Gasteiger partial charge in [-0.15, -0.1) is 0 Å². The number of H-pyrrole nitrogens is 1. The Labute approximate surface area is 239 Å². The van der Waals surface area contributed by atoms with Crippen molar-refractivity contribution in [3.05, 3.63) is 93.5 Å². The number of hydrogen-bond acceptors (Lipinski definition) is 2. The number of nitrogens with zero attached hydrogens (tertiary/aromatic N) is 2. The molecule has 0 spiro atoms. The summed E-state index contributed by atoms with van der Waals surface area (Å²) in [5.41, 5.74) is 5.15. The lowest BCUT2D eigenvalue weighted by Crippen LogP contribution is -2.08. The first-order chi connectivity index (χ1) is 18.8. The number of hydrogen-bond donors (Lipinski definition) is 1. The minimum atomic E-state index is -4.37. The van der Waals surface area contributed by atoms with Gasteiger partial charge < -0.3 is 4.98 Å². The van der Waals surface area contributed by atoms with E-state index in [2.05, 4.69) is 36.5 Å². The molecule has 1 aromatic heterocycles. The fourth-order valence-electron chi connectivity index (χ4n) is 4.36. The van der Waals surface area contributed by atoms with Gasteiger partial charge in [-0.25, -0.2) is 4.39 Å². The third-order valence-corrected chi connectivity index (χ3v) is 6.75. The minimum absolute atomic E-state index is 0.119. The van der Waals surface area contributed by atoms with Gasteiger partial charge in [0.1, 0.15) is 5.82 Å². The fraction of sp³-hybridized carbons (Fsp3) is 0.375. The van der Waals surface area contributed by atoms with Crippen molar-refractivity contribution in [2.24, 2.45) is 4.99 Å². The van der Waals surface area contributed by atoms with Crippen LogP contribution in [0, 0.1) is 17.1 Å². The number of nitriles is 1. The van der Waals surface area contributed by atoms with Crippen molar-refractivity contribution in [2.45, 2.75) is 78.8 Å². The largest absolute Gasteiger partial charge is 0.415 e. The maximum atomic E-state index is 13.9. The summed E-state index contributed by atoms with van der Waals surface area (Å²) >= 11 is 6.01. The molecule has 1 unspecified atom stereocenters. The molecule has 0 aliphatic rings. The van der Waals surface area contributed by atoms with Gasteiger partial charge in [-0.1, -0.05) is 63.9 Å². The molecule has 214 valence electrons. The van der Waals surface area contributed by atoms with Gasteiger partial charge in [0.15, 0.2) is 0 Å². The molecule has 3 nitrogen and oxygen atoms in total. The average Bonchev–Trinajstić information content (AvgIpc) is 3.24. The number of fused-ring (bicyclic) bond motifs is 1. The van der Waals surface area contributed by atoms with Crippen LogP contribution in [0.4, 0.5) is 17.6 Å². The van der Waals surface area contributed by atoms with E-state index in [9.17, 15) is 17.6 Å². The van der Waals surface area contributed by atoms with Gasteiger partial charge in [-0.3, -0.25) is 4.99 Å². The van der Waals surface area contributed by atoms with Gasteiger partial charge in [0.2, 0.25) is 0 Å². The Kier molecular flexibility index (Phi) is 12.2. The van der Waals surface area contributed by atoms with Crippen molar-refractivity contribution in [2.75, 3.05) is 0 Å². The van der Waals surface area contributed by atoms with E-state index in [0.717, 1.165) is 66.1 Å². The molecule has 0 radical (unpaired) electrons. The molecule has 40 heavy (non-hydrogen) atoms. The number of benzene rings is 2. The highest BCUT2D eigenvalue weighted by molar-refractivity contribution is 6.31. The molecule has 0 aliphatic heterocycles. The monoisotopic (exact) mass is 573 g/mol. The molecule has 8 heteroatoms. The summed E-state index contributed by atoms with van der Waals surface area (Å²) in [4.78, 5) is 7.44. The zero-order valence-electron chi connectivity index (χ0n) is 23.6. The van der Waals surface area contributed by atoms with Crippen LogP contribution in [0.15, 0.2) is 65.3 Å². The lowest BCUT2D eigenvalue weighted by atomic mass is 9.92. The second-order valence-corrected chi connectivity index (χ2v) is 10.2. The van der Waals surface area contributed by atoms with Crippen LogP contribution in [0.2, 0.25) is 5.02 Å². The lowest BCUT2D eigenvalue weighted by Gasteiger charge is -2.14. The molecule has 1 heterocycles. The van der Waals surface area contributed by atoms with Crippen molar-refractivity contribution in [3.8, 4) is 6.07 Å². The molecule has 0 saturated carbocycles. The van der Waals surface area contributed by atoms with Crippen molar-refractivity contribution in [1.82, 2.24) is 4.98 Å². The Hall–Kier alpha value is -3.37. The van der Waals surface area contributed by atoms with Crippen LogP contribution in [0.1, 0.15) is 88.6 Å². The molecule has 3 aromatic rings. The molecule has 1 atom stereocenters. The molecule has 0 aliphatic carbocycles. The molecular weight excluding hydrogens is 538 g/mol. The molecule has 0 amide bonds. The van der Waals surface area contributed by atoms with Crippen molar-refractivity contribution in [3.63, 3.8) is 0 Å². The number of halogens is 5. The van der Waals surface area contributed by atoms with Gasteiger partial charge in [-0.05, 0) is 74.6 Å². The summed E-state index contributed by atoms with van der Waals surface area (Å²) in [6.45, 7) is 12.6. The van der Waals surface area contributed by atoms with E-state index in [1.165, 1.54) is 18.6 Å². The van der Waals surface area contributed by atoms with Crippen LogP contribution in [-0.2, 0) is 6.42 Å². The van der Waals surface area contributed by atoms with Crippen LogP contribution in [0.5, 0.6) is 0 Å². The predicted octanol–water partition coefficient (Wildman–Crippen LogP) is 10.6. The molecule has 3 rings (SSSR count). The van der Waals surface area contributed by atoms with Crippen LogP contribution in [0.25, 0.3) is 10.9 Å². The zero-order valence-corrected chi connectivity index (χ0v) is 24.4. The van der Waals surface area contributed by atoms with E-state index in [1.807, 2.05) is 31.2 Å². The smallest absolute Gasteiger partial charge is 0.358 e. The topological polar surface area (TPSA) is 51.9 Å². The lowest BCUT2D eigenvalue weighted by molar-refractivity contribution is -0.0878. The number of nitrogens with one attached hydrogen (secondary N) is 1. The van der Waals surface area contributed by atoms with Crippen LogP contribution >= 0.6 is 11.6 Å². The standard InChI is InChI=1S/C21H20ClFN2.C11H16F3N/c1-3-4-5-16-17-10-18(22)19(23)11-20(17)25-21(16)13(2)15-8-6-14(12-24)7-9-15;1-5-6-9(3)15-10(4)7-8(2)11(12,13)14/h6-11,13,25H,3-5H2,1-2H3;7H,2,5-6H2,1,3-4H3/b;10-7-,15-9?. The number of aromatic nitrogens is 1. The second-order valence-electron chi connectivity index (χ2n) is 9.79. The van der Waals surface area contributed by atoms with Gasteiger partial charge in [0.05, 0.1) is 22.2 Å². The van der Waals surface area contributed by atoms with E-state index in [4.69, 9.17) is 16.9 Å². The molecule has 0 saturated heterocycles. The van der Waals surface area contributed by atoms with E-state index in [0.29, 0.717) is 11.3 Å². The number of aromatic amines is 1. The van der Waals surface area contributed by atoms with Gasteiger partial charge >= 0.3 is 6.18 Å². The SMILES string of the molecule is C=C(/C=C(/C)N=C(C)CCC)C(F)(F)F.CCCCc1c(C(C)c2ccc(C#N)cc2)[nH]c2cc(F)c(Cl)cc12. The van der Waals surface area contributed by atoms with Crippen LogP contribution < -0.4 is 0 Å². The summed E-state index contributed by atoms with van der Waals surface area (Å²) < 4.78 is 50.2. The second kappa shape index (κ2) is 14.9. The highest BCUT2D eigenvalue weighted by Gasteiger charge is 2.30. The first-order valence-electron chi connectivity index (χ1n) is 13.3. The fourth-order valence-corrected chi connectivity index (χ4v) is 4.52. The highest BCUT2D eigenvalue weighted by Crippen LogP contribution is 2.35. The summed E-state index contributed by atoms with van der Waals surface area (Å²) in [6.07, 6.45) is 1.40. The average molecular weight is 574 g/mol. The first-order valence-corrected chi connectivity index (χ1v) is 13.7. The number of unbranched alkanes of at least 4 members (excludes halogenated alkanes) is 1. The molecule has 2 aromatic carbocycles. The van der Waals surface area contributed by atoms with Crippen molar-refractivity contribution >= 4 is 28.2 Å². The zero-order chi connectivity index (χ0) is 30.0. The van der Waals surface area contributed by atoms with Gasteiger partial charge in [0.25, 0.3) is 0 Å². The van der Waals surface area contributed by atoms with E-state index < -0.39 is 17.6 Å².